The topological polar surface area (TPSA) is 57.6 Å². The van der Waals surface area contributed by atoms with Crippen molar-refractivity contribution in [2.75, 3.05) is 4.90 Å². The molecule has 190 valence electrons. The van der Waals surface area contributed by atoms with Crippen LogP contribution in [0.25, 0.3) is 5.76 Å². The molecule has 5 heteroatoms. The Morgan fingerprint density at radius 3 is 2.30 bits per heavy atom. The number of aliphatic hydroxyl groups excluding tert-OH is 1. The number of nitrogens with zero attached hydrogens (tertiary/aromatic N) is 1. The fraction of sp³-hybridized carbons (Fsp3) is 0.312. The largest absolute Gasteiger partial charge is 0.507 e. The van der Waals surface area contributed by atoms with Gasteiger partial charge in [-0.15, -0.1) is 0 Å². The number of anilines is 1. The Hall–Kier alpha value is -3.37. The van der Waals surface area contributed by atoms with Crippen LogP contribution in [0.5, 0.6) is 0 Å². The number of Topliss-reactive ketones (excluding diaryl/α,β-unsaturated/α-hetero) is 1. The van der Waals surface area contributed by atoms with Crippen LogP contribution in [0.2, 0.25) is 5.02 Å². The minimum Gasteiger partial charge on any atom is -0.507 e. The summed E-state index contributed by atoms with van der Waals surface area (Å²) in [6.07, 6.45) is 4.24. The van der Waals surface area contributed by atoms with E-state index in [4.69, 9.17) is 11.6 Å². The second kappa shape index (κ2) is 9.50. The van der Waals surface area contributed by atoms with E-state index in [-0.39, 0.29) is 16.7 Å². The zero-order valence-corrected chi connectivity index (χ0v) is 22.5. The van der Waals surface area contributed by atoms with E-state index >= 15 is 0 Å². The molecule has 4 nitrogen and oxygen atoms in total. The Morgan fingerprint density at radius 1 is 0.946 bits per heavy atom. The second-order valence-electron chi connectivity index (χ2n) is 11.1. The van der Waals surface area contributed by atoms with Crippen LogP contribution in [0.4, 0.5) is 5.69 Å². The number of halogens is 1. The SMILES string of the molecule is Cc1c(Cl)cccc1N1C(=O)C(=O)/C(=C(\O)c2ccc3c(c2)CCCC3)C1c1ccc(C(C)(C)C)cc1. The maximum absolute atomic E-state index is 13.6. The van der Waals surface area contributed by atoms with Gasteiger partial charge in [-0.1, -0.05) is 74.8 Å². The summed E-state index contributed by atoms with van der Waals surface area (Å²) >= 11 is 6.42. The summed E-state index contributed by atoms with van der Waals surface area (Å²) in [4.78, 5) is 28.6. The molecular formula is C32H32ClNO3. The van der Waals surface area contributed by atoms with Gasteiger partial charge in [0.1, 0.15) is 5.76 Å². The van der Waals surface area contributed by atoms with Crippen molar-refractivity contribution in [1.82, 2.24) is 0 Å². The number of carbonyl (C=O) groups is 2. The molecule has 2 aliphatic rings. The van der Waals surface area contributed by atoms with E-state index in [1.807, 2.05) is 49.4 Å². The van der Waals surface area contributed by atoms with Crippen LogP contribution < -0.4 is 4.90 Å². The molecule has 1 amide bonds. The van der Waals surface area contributed by atoms with Crippen LogP contribution in [0.3, 0.4) is 0 Å². The summed E-state index contributed by atoms with van der Waals surface area (Å²) in [5.74, 6) is -1.51. The molecule has 37 heavy (non-hydrogen) atoms. The zero-order chi connectivity index (χ0) is 26.5. The van der Waals surface area contributed by atoms with Gasteiger partial charge >= 0.3 is 0 Å². The molecule has 0 bridgehead atoms. The molecule has 0 aromatic heterocycles. The van der Waals surface area contributed by atoms with Crippen molar-refractivity contribution < 1.29 is 14.7 Å². The lowest BCUT2D eigenvalue weighted by Crippen LogP contribution is -2.30. The minimum absolute atomic E-state index is 0.0486. The van der Waals surface area contributed by atoms with Gasteiger partial charge in [0.05, 0.1) is 11.6 Å². The van der Waals surface area contributed by atoms with Gasteiger partial charge in [-0.2, -0.15) is 0 Å². The Morgan fingerprint density at radius 2 is 1.62 bits per heavy atom. The summed E-state index contributed by atoms with van der Waals surface area (Å²) in [6, 6.07) is 18.4. The molecule has 5 rings (SSSR count). The van der Waals surface area contributed by atoms with Gasteiger partial charge in [0.15, 0.2) is 0 Å². The standard InChI is InChI=1S/C32H32ClNO3/c1-19-25(33)10-7-11-26(19)34-28(21-14-16-24(17-15-21)32(2,3)4)27(30(36)31(34)37)29(35)23-13-12-20-8-5-6-9-22(20)18-23/h7,10-18,28,35H,5-6,8-9H2,1-4H3/b29-27-. The van der Waals surface area contributed by atoms with Crippen LogP contribution in [-0.2, 0) is 27.8 Å². The van der Waals surface area contributed by atoms with Crippen molar-refractivity contribution in [3.63, 3.8) is 0 Å². The third kappa shape index (κ3) is 4.48. The first-order chi connectivity index (χ1) is 17.6. The van der Waals surface area contributed by atoms with Gasteiger partial charge in [0.2, 0.25) is 0 Å². The van der Waals surface area contributed by atoms with Crippen molar-refractivity contribution in [1.29, 1.82) is 0 Å². The minimum atomic E-state index is -0.776. The second-order valence-corrected chi connectivity index (χ2v) is 11.5. The number of hydrogen-bond donors (Lipinski definition) is 1. The van der Waals surface area contributed by atoms with E-state index in [9.17, 15) is 14.7 Å². The highest BCUT2D eigenvalue weighted by molar-refractivity contribution is 6.52. The monoisotopic (exact) mass is 513 g/mol. The molecule has 3 aromatic carbocycles. The van der Waals surface area contributed by atoms with Crippen molar-refractivity contribution in [3.05, 3.63) is 105 Å². The first-order valence-electron chi connectivity index (χ1n) is 12.9. The van der Waals surface area contributed by atoms with E-state index in [1.54, 1.807) is 18.2 Å². The predicted octanol–water partition coefficient (Wildman–Crippen LogP) is 7.45. The highest BCUT2D eigenvalue weighted by Crippen LogP contribution is 2.44. The Kier molecular flexibility index (Phi) is 6.49. The average molecular weight is 514 g/mol. The van der Waals surface area contributed by atoms with E-state index in [2.05, 4.69) is 20.8 Å². The number of carbonyl (C=O) groups excluding carboxylic acids is 2. The van der Waals surface area contributed by atoms with Gasteiger partial charge < -0.3 is 5.11 Å². The average Bonchev–Trinajstić information content (AvgIpc) is 3.14. The summed E-state index contributed by atoms with van der Waals surface area (Å²) in [6.45, 7) is 8.25. The van der Waals surface area contributed by atoms with Crippen molar-refractivity contribution >= 4 is 34.7 Å². The van der Waals surface area contributed by atoms with Crippen LogP contribution in [0, 0.1) is 6.92 Å². The Labute approximate surface area is 223 Å². The summed E-state index contributed by atoms with van der Waals surface area (Å²) < 4.78 is 0. The first-order valence-corrected chi connectivity index (χ1v) is 13.2. The van der Waals surface area contributed by atoms with Gasteiger partial charge in [-0.25, -0.2) is 0 Å². The van der Waals surface area contributed by atoms with E-state index < -0.39 is 17.7 Å². The molecule has 1 fully saturated rings. The predicted molar refractivity (Wildman–Crippen MR) is 149 cm³/mol. The molecular weight excluding hydrogens is 482 g/mol. The van der Waals surface area contributed by atoms with E-state index in [1.165, 1.54) is 16.0 Å². The normalized spacial score (nSPS) is 19.3. The Bertz CT molecular complexity index is 1430. The lowest BCUT2D eigenvalue weighted by atomic mass is 9.85. The molecule has 1 N–H and O–H groups in total. The highest BCUT2D eigenvalue weighted by atomic mass is 35.5. The number of amides is 1. The summed E-state index contributed by atoms with van der Waals surface area (Å²) in [7, 11) is 0. The molecule has 1 saturated heterocycles. The number of fused-ring (bicyclic) bond motifs is 1. The van der Waals surface area contributed by atoms with Gasteiger partial charge in [-0.05, 0) is 84.0 Å². The molecule has 3 aromatic rings. The molecule has 1 aliphatic carbocycles. The molecule has 1 heterocycles. The smallest absolute Gasteiger partial charge is 0.300 e. The van der Waals surface area contributed by atoms with Crippen LogP contribution in [-0.4, -0.2) is 16.8 Å². The third-order valence-corrected chi connectivity index (χ3v) is 8.07. The van der Waals surface area contributed by atoms with Crippen molar-refractivity contribution in [2.45, 2.75) is 64.8 Å². The van der Waals surface area contributed by atoms with Crippen molar-refractivity contribution in [3.8, 4) is 0 Å². The van der Waals surface area contributed by atoms with Crippen LogP contribution in [0.1, 0.15) is 73.0 Å². The van der Waals surface area contributed by atoms with Crippen LogP contribution >= 0.6 is 11.6 Å². The molecule has 1 unspecified atom stereocenters. The van der Waals surface area contributed by atoms with Crippen LogP contribution in [0.15, 0.2) is 66.2 Å². The molecule has 0 saturated carbocycles. The van der Waals surface area contributed by atoms with Gasteiger partial charge in [0.25, 0.3) is 11.7 Å². The third-order valence-electron chi connectivity index (χ3n) is 7.66. The lowest BCUT2D eigenvalue weighted by Gasteiger charge is -2.28. The lowest BCUT2D eigenvalue weighted by molar-refractivity contribution is -0.132. The molecule has 0 radical (unpaired) electrons. The summed E-state index contributed by atoms with van der Waals surface area (Å²) in [5.41, 5.74) is 6.26. The molecule has 0 spiro atoms. The zero-order valence-electron chi connectivity index (χ0n) is 21.8. The Balaban J connectivity index is 1.71. The fourth-order valence-corrected chi connectivity index (χ4v) is 5.62. The number of ketones is 1. The van der Waals surface area contributed by atoms with Gasteiger partial charge in [0, 0.05) is 16.3 Å². The van der Waals surface area contributed by atoms with E-state index in [0.29, 0.717) is 21.8 Å². The number of rotatable bonds is 3. The molecule has 1 aliphatic heterocycles. The number of hydrogen-bond acceptors (Lipinski definition) is 3. The molecule has 1 atom stereocenters. The van der Waals surface area contributed by atoms with Crippen molar-refractivity contribution in [2.24, 2.45) is 0 Å². The fourth-order valence-electron chi connectivity index (χ4n) is 5.46. The maximum atomic E-state index is 13.6. The number of benzene rings is 3. The summed E-state index contributed by atoms with van der Waals surface area (Å²) in [5, 5.41) is 12.1. The number of aryl methyl sites for hydroxylation is 2. The number of aliphatic hydroxyl groups is 1. The highest BCUT2D eigenvalue weighted by Gasteiger charge is 2.47. The van der Waals surface area contributed by atoms with E-state index in [0.717, 1.165) is 36.8 Å². The first kappa shape index (κ1) is 25.3. The maximum Gasteiger partial charge on any atom is 0.300 e. The van der Waals surface area contributed by atoms with Gasteiger partial charge in [-0.3, -0.25) is 14.5 Å². The quantitative estimate of drug-likeness (QED) is 0.225.